The molecule has 2 aromatic rings. The Hall–Kier alpha value is -0.220. The molecule has 3 nitrogen and oxygen atoms in total. The van der Waals surface area contributed by atoms with Crippen LogP contribution in [0.25, 0.3) is 11.0 Å². The predicted octanol–water partition coefficient (Wildman–Crippen LogP) is 1.67. The number of hydrogen-bond acceptors (Lipinski definition) is 2. The number of hydrogen-bond donors (Lipinski definition) is 0. The van der Waals surface area contributed by atoms with E-state index in [0.29, 0.717) is 0 Å². The highest BCUT2D eigenvalue weighted by Crippen LogP contribution is 2.13. The first-order valence-electron chi connectivity index (χ1n) is 3.48. The van der Waals surface area contributed by atoms with Crippen LogP contribution in [0, 0.1) is 3.57 Å². The van der Waals surface area contributed by atoms with Crippen molar-refractivity contribution in [3.63, 3.8) is 0 Å². The fraction of sp³-hybridized carbons (Fsp3) is 0. The molecule has 0 aliphatic heterocycles. The minimum absolute atomic E-state index is 0.0768. The van der Waals surface area contributed by atoms with Gasteiger partial charge >= 0.3 is 0 Å². The highest BCUT2D eigenvalue weighted by molar-refractivity contribution is 14.1. The molecule has 0 bridgehead atoms. The maximum absolute atomic E-state index is 7.13. The lowest BCUT2D eigenvalue weighted by molar-refractivity contribution is 1.03. The van der Waals surface area contributed by atoms with E-state index in [-0.39, 0.29) is 9.34 Å². The summed E-state index contributed by atoms with van der Waals surface area (Å²) < 4.78 is 9.79. The Kier molecular flexibility index (Phi) is 1.54. The number of fused-ring (bicyclic) bond motifs is 1. The molecular weight excluding hydrogens is 272 g/mol. The van der Waals surface area contributed by atoms with Crippen molar-refractivity contribution in [2.75, 3.05) is 0 Å². The Balaban J connectivity index is 2.67. The first kappa shape index (κ1) is 6.31. The van der Waals surface area contributed by atoms with Crippen LogP contribution < -0.4 is 0 Å². The smallest absolute Gasteiger partial charge is 0.112 e. The first-order chi connectivity index (χ1) is 5.79. The second kappa shape index (κ2) is 2.68. The number of rotatable bonds is 1. The molecule has 1 unspecified atom stereocenters. The number of nitrogens with zero attached hydrogens (tertiary/aromatic N) is 3. The predicted molar refractivity (Wildman–Crippen MR) is 55.4 cm³/mol. The number of halogens is 1. The molecule has 0 saturated heterocycles. The molecule has 0 aromatic carbocycles. The SMILES string of the molecule is [3H]Pn1cc2ncc(I)cc2n1. The molecule has 2 rings (SSSR count). The fourth-order valence-electron chi connectivity index (χ4n) is 0.879. The Bertz CT molecular complexity index is 416. The maximum atomic E-state index is 7.13. The summed E-state index contributed by atoms with van der Waals surface area (Å²) in [7, 11) is -0.0768. The second-order valence-electron chi connectivity index (χ2n) is 2.13. The van der Waals surface area contributed by atoms with Crippen molar-refractivity contribution in [3.05, 3.63) is 22.0 Å². The topological polar surface area (TPSA) is 30.7 Å². The van der Waals surface area contributed by atoms with Crippen molar-refractivity contribution in [2.45, 2.75) is 0 Å². The van der Waals surface area contributed by atoms with Crippen LogP contribution in [0.3, 0.4) is 0 Å². The van der Waals surface area contributed by atoms with Gasteiger partial charge in [-0.1, -0.05) is 0 Å². The lowest BCUT2D eigenvalue weighted by atomic mass is 10.4. The third kappa shape index (κ3) is 1.37. The van der Waals surface area contributed by atoms with Crippen molar-refractivity contribution in [1.29, 1.82) is 1.28 Å². The van der Waals surface area contributed by atoms with Crippen molar-refractivity contribution in [2.24, 2.45) is 0 Å². The van der Waals surface area contributed by atoms with Gasteiger partial charge in [0.15, 0.2) is 0 Å². The van der Waals surface area contributed by atoms with Crippen molar-refractivity contribution >= 4 is 43.0 Å². The molecule has 0 spiro atoms. The van der Waals surface area contributed by atoms with E-state index < -0.39 is 0 Å². The number of pyridine rings is 1. The van der Waals surface area contributed by atoms with Crippen LogP contribution >= 0.6 is 31.9 Å². The molecule has 56 valence electrons. The fourth-order valence-corrected chi connectivity index (χ4v) is 1.54. The van der Waals surface area contributed by atoms with Gasteiger partial charge in [0, 0.05) is 9.77 Å². The van der Waals surface area contributed by atoms with Crippen LogP contribution in [-0.4, -0.2) is 15.8 Å². The molecule has 0 saturated carbocycles. The molecule has 0 fully saturated rings. The third-order valence-electron chi connectivity index (χ3n) is 1.32. The summed E-state index contributed by atoms with van der Waals surface area (Å²) in [6, 6.07) is 1.96. The van der Waals surface area contributed by atoms with Crippen LogP contribution in [-0.2, 0) is 0 Å². The molecule has 0 N–H and O–H groups in total. The second-order valence-corrected chi connectivity index (χ2v) is 3.84. The summed E-state index contributed by atoms with van der Waals surface area (Å²) in [5.74, 6) is 0. The molecule has 0 radical (unpaired) electrons. The summed E-state index contributed by atoms with van der Waals surface area (Å²) in [6.45, 7) is 0. The zero-order chi connectivity index (χ0) is 8.55. The zero-order valence-corrected chi connectivity index (χ0v) is 8.61. The summed E-state index contributed by atoms with van der Waals surface area (Å²) in [6.07, 6.45) is 3.58. The first-order valence-corrected chi connectivity index (χ1v) is 4.51. The quantitative estimate of drug-likeness (QED) is 0.587. The number of aromatic nitrogens is 3. The van der Waals surface area contributed by atoms with E-state index in [1.165, 1.54) is 0 Å². The Labute approximate surface area is 80.9 Å². The molecular formula is C6H5IN3P. The average Bonchev–Trinajstić information content (AvgIpc) is 2.46. The largest absolute Gasteiger partial charge is 0.256 e. The molecule has 5 heteroatoms. The average molecular weight is 279 g/mol. The minimum Gasteiger partial charge on any atom is -0.256 e. The Morgan fingerprint density at radius 1 is 1.64 bits per heavy atom. The van der Waals surface area contributed by atoms with E-state index in [2.05, 4.69) is 32.7 Å². The van der Waals surface area contributed by atoms with Gasteiger partial charge in [0.2, 0.25) is 0 Å². The lowest BCUT2D eigenvalue weighted by Gasteiger charge is -1.86. The van der Waals surface area contributed by atoms with Crippen LogP contribution in [0.4, 0.5) is 0 Å². The summed E-state index contributed by atoms with van der Waals surface area (Å²) in [5.41, 5.74) is 1.72. The van der Waals surface area contributed by atoms with Crippen LogP contribution in [0.1, 0.15) is 0 Å². The van der Waals surface area contributed by atoms with Gasteiger partial charge in [-0.15, -0.1) is 0 Å². The minimum atomic E-state index is -0.0768. The van der Waals surface area contributed by atoms with Gasteiger partial charge in [0.25, 0.3) is 0 Å². The van der Waals surface area contributed by atoms with Crippen molar-refractivity contribution in [1.82, 2.24) is 14.5 Å². The molecule has 0 amide bonds. The van der Waals surface area contributed by atoms with Gasteiger partial charge in [-0.3, -0.25) is 9.44 Å². The normalized spacial score (nSPS) is 13.0. The lowest BCUT2D eigenvalue weighted by Crippen LogP contribution is -1.77. The summed E-state index contributed by atoms with van der Waals surface area (Å²) in [5, 5.41) is 4.17. The van der Waals surface area contributed by atoms with E-state index in [0.717, 1.165) is 14.6 Å². The van der Waals surface area contributed by atoms with Crippen LogP contribution in [0.15, 0.2) is 18.5 Å². The molecule has 0 aliphatic rings. The van der Waals surface area contributed by atoms with Gasteiger partial charge in [-0.25, -0.2) is 0 Å². The van der Waals surface area contributed by atoms with Crippen LogP contribution in [0.5, 0.6) is 0 Å². The molecule has 2 aromatic heterocycles. The van der Waals surface area contributed by atoms with Crippen molar-refractivity contribution < 1.29 is 0 Å². The van der Waals surface area contributed by atoms with Gasteiger partial charge in [0.05, 0.1) is 7.48 Å². The molecule has 0 aliphatic carbocycles. The van der Waals surface area contributed by atoms with Gasteiger partial charge in [-0.05, 0) is 38.0 Å². The summed E-state index contributed by atoms with van der Waals surface area (Å²) >= 11 is 2.19. The molecule has 2 heterocycles. The van der Waals surface area contributed by atoms with Crippen LogP contribution in [0.2, 0.25) is 0 Å². The zero-order valence-electron chi connectivity index (χ0n) is 6.45. The van der Waals surface area contributed by atoms with E-state index in [1.807, 2.05) is 6.07 Å². The van der Waals surface area contributed by atoms with E-state index in [1.54, 1.807) is 16.8 Å². The standard InChI is InChI=1S/C6H5IN3P/c7-4-1-5-6(8-2-4)3-10(11)9-5/h1-3H,11H2/i11T. The summed E-state index contributed by atoms with van der Waals surface area (Å²) in [4.78, 5) is 4.18. The maximum Gasteiger partial charge on any atom is 0.112 e. The van der Waals surface area contributed by atoms with E-state index >= 15 is 0 Å². The Morgan fingerprint density at radius 3 is 3.36 bits per heavy atom. The molecule has 11 heavy (non-hydrogen) atoms. The monoisotopic (exact) mass is 279 g/mol. The van der Waals surface area contributed by atoms with Gasteiger partial charge < -0.3 is 0 Å². The van der Waals surface area contributed by atoms with Gasteiger partial charge in [0.1, 0.15) is 11.0 Å². The van der Waals surface area contributed by atoms with E-state index in [9.17, 15) is 0 Å². The Morgan fingerprint density at radius 2 is 2.55 bits per heavy atom. The van der Waals surface area contributed by atoms with Crippen molar-refractivity contribution in [3.8, 4) is 0 Å². The highest BCUT2D eigenvalue weighted by Gasteiger charge is 1.98. The van der Waals surface area contributed by atoms with E-state index in [4.69, 9.17) is 1.28 Å². The van der Waals surface area contributed by atoms with Gasteiger partial charge in [-0.2, -0.15) is 5.10 Å². The highest BCUT2D eigenvalue weighted by atomic mass is 127. The molecule has 1 atom stereocenters. The third-order valence-corrected chi connectivity index (χ3v) is 2.14.